The van der Waals surface area contributed by atoms with Crippen LogP contribution in [0, 0.1) is 0 Å². The van der Waals surface area contributed by atoms with Gasteiger partial charge in [-0.15, -0.1) is 11.8 Å². The third-order valence-corrected chi connectivity index (χ3v) is 3.15. The molecule has 0 saturated carbocycles. The van der Waals surface area contributed by atoms with E-state index < -0.39 is 0 Å². The topological polar surface area (TPSA) is 26.0 Å². The minimum absolute atomic E-state index is 0.492. The maximum absolute atomic E-state index is 5.52. The molecule has 0 fully saturated rings. The van der Waals surface area contributed by atoms with E-state index in [0.717, 1.165) is 11.0 Å². The third-order valence-electron chi connectivity index (χ3n) is 1.48. The van der Waals surface area contributed by atoms with Gasteiger partial charge in [0.1, 0.15) is 0 Å². The summed E-state index contributed by atoms with van der Waals surface area (Å²) in [5.74, 6) is 0. The molecule has 0 bridgehead atoms. The first-order chi connectivity index (χ1) is 5.72. The fraction of sp³-hybridized carbons (Fsp3) is 0.333. The summed E-state index contributed by atoms with van der Waals surface area (Å²) in [4.78, 5) is 1.27. The summed E-state index contributed by atoms with van der Waals surface area (Å²) in [6.07, 6.45) is 0. The van der Waals surface area contributed by atoms with Gasteiger partial charge in [-0.25, -0.2) is 0 Å². The second-order valence-electron chi connectivity index (χ2n) is 2.62. The lowest BCUT2D eigenvalue weighted by Gasteiger charge is -2.07. The zero-order valence-corrected chi connectivity index (χ0v) is 9.36. The third kappa shape index (κ3) is 3.17. The molecule has 0 saturated heterocycles. The molecule has 1 aromatic carbocycles. The molecular weight excluding hydrogens is 234 g/mol. The van der Waals surface area contributed by atoms with Crippen LogP contribution in [0.25, 0.3) is 0 Å². The highest BCUT2D eigenvalue weighted by Gasteiger charge is 2.00. The Morgan fingerprint density at radius 3 is 2.50 bits per heavy atom. The Bertz CT molecular complexity index is 235. The molecule has 1 atom stereocenters. The zero-order chi connectivity index (χ0) is 8.97. The molecule has 0 aliphatic heterocycles. The van der Waals surface area contributed by atoms with Crippen LogP contribution in [0.5, 0.6) is 0 Å². The SMILES string of the molecule is CC(CN)Sc1ccc(Br)cc1. The molecule has 1 rings (SSSR count). The summed E-state index contributed by atoms with van der Waals surface area (Å²) >= 11 is 5.20. The first kappa shape index (κ1) is 10.1. The Morgan fingerprint density at radius 1 is 1.42 bits per heavy atom. The van der Waals surface area contributed by atoms with Gasteiger partial charge in [-0.3, -0.25) is 0 Å². The van der Waals surface area contributed by atoms with Crippen molar-refractivity contribution in [3.8, 4) is 0 Å². The predicted molar refractivity (Wildman–Crippen MR) is 58.5 cm³/mol. The number of hydrogen-bond acceptors (Lipinski definition) is 2. The summed E-state index contributed by atoms with van der Waals surface area (Å²) in [5, 5.41) is 0.492. The van der Waals surface area contributed by atoms with E-state index in [-0.39, 0.29) is 0 Å². The Labute approximate surface area is 85.9 Å². The molecule has 0 radical (unpaired) electrons. The highest BCUT2D eigenvalue weighted by Crippen LogP contribution is 2.23. The lowest BCUT2D eigenvalue weighted by Crippen LogP contribution is -2.11. The van der Waals surface area contributed by atoms with Crippen LogP contribution < -0.4 is 5.73 Å². The zero-order valence-electron chi connectivity index (χ0n) is 6.96. The van der Waals surface area contributed by atoms with E-state index in [0.29, 0.717) is 5.25 Å². The molecule has 3 heteroatoms. The van der Waals surface area contributed by atoms with Crippen molar-refractivity contribution in [2.75, 3.05) is 6.54 Å². The van der Waals surface area contributed by atoms with Gasteiger partial charge in [-0.05, 0) is 24.3 Å². The minimum atomic E-state index is 0.492. The van der Waals surface area contributed by atoms with Crippen LogP contribution in [0.3, 0.4) is 0 Å². The van der Waals surface area contributed by atoms with Crippen LogP contribution in [0.4, 0.5) is 0 Å². The molecule has 0 aliphatic rings. The highest BCUT2D eigenvalue weighted by atomic mass is 79.9. The molecule has 0 amide bonds. The second-order valence-corrected chi connectivity index (χ2v) is 5.05. The lowest BCUT2D eigenvalue weighted by atomic mass is 10.4. The van der Waals surface area contributed by atoms with E-state index in [2.05, 4.69) is 35.0 Å². The van der Waals surface area contributed by atoms with Crippen molar-refractivity contribution in [2.45, 2.75) is 17.1 Å². The molecular formula is C9H12BrNS. The molecule has 66 valence electrons. The van der Waals surface area contributed by atoms with Crippen LogP contribution >= 0.6 is 27.7 Å². The fourth-order valence-corrected chi connectivity index (χ4v) is 1.91. The van der Waals surface area contributed by atoms with Gasteiger partial charge < -0.3 is 5.73 Å². The molecule has 2 N–H and O–H groups in total. The van der Waals surface area contributed by atoms with Gasteiger partial charge >= 0.3 is 0 Å². The van der Waals surface area contributed by atoms with Gasteiger partial charge in [-0.1, -0.05) is 22.9 Å². The Kier molecular flexibility index (Phi) is 4.12. The first-order valence-corrected chi connectivity index (χ1v) is 5.52. The molecule has 0 aromatic heterocycles. The van der Waals surface area contributed by atoms with Crippen molar-refractivity contribution in [3.05, 3.63) is 28.7 Å². The van der Waals surface area contributed by atoms with E-state index in [9.17, 15) is 0 Å². The Hall–Kier alpha value is 0.01000. The van der Waals surface area contributed by atoms with Gasteiger partial charge in [0.15, 0.2) is 0 Å². The quantitative estimate of drug-likeness (QED) is 0.830. The Balaban J connectivity index is 2.58. The predicted octanol–water partition coefficient (Wildman–Crippen LogP) is 2.89. The maximum atomic E-state index is 5.52. The number of rotatable bonds is 3. The van der Waals surface area contributed by atoms with Crippen molar-refractivity contribution in [2.24, 2.45) is 5.73 Å². The van der Waals surface area contributed by atoms with E-state index in [1.54, 1.807) is 11.8 Å². The molecule has 1 unspecified atom stereocenters. The normalized spacial score (nSPS) is 12.9. The number of thioether (sulfide) groups is 1. The van der Waals surface area contributed by atoms with E-state index in [4.69, 9.17) is 5.73 Å². The lowest BCUT2D eigenvalue weighted by molar-refractivity contribution is 0.951. The smallest absolute Gasteiger partial charge is 0.0189 e. The van der Waals surface area contributed by atoms with Gasteiger partial charge in [0.25, 0.3) is 0 Å². The van der Waals surface area contributed by atoms with Crippen molar-refractivity contribution in [3.63, 3.8) is 0 Å². The van der Waals surface area contributed by atoms with Crippen molar-refractivity contribution < 1.29 is 0 Å². The fourth-order valence-electron chi connectivity index (χ4n) is 0.794. The molecule has 0 heterocycles. The van der Waals surface area contributed by atoms with Gasteiger partial charge in [-0.2, -0.15) is 0 Å². The van der Waals surface area contributed by atoms with Crippen LogP contribution in [-0.4, -0.2) is 11.8 Å². The summed E-state index contributed by atoms with van der Waals surface area (Å²) in [7, 11) is 0. The number of hydrogen-bond donors (Lipinski definition) is 1. The average Bonchev–Trinajstić information content (AvgIpc) is 2.09. The maximum Gasteiger partial charge on any atom is 0.0189 e. The second kappa shape index (κ2) is 4.90. The van der Waals surface area contributed by atoms with Crippen LogP contribution in [-0.2, 0) is 0 Å². The number of benzene rings is 1. The largest absolute Gasteiger partial charge is 0.329 e. The van der Waals surface area contributed by atoms with Crippen molar-refractivity contribution >= 4 is 27.7 Å². The standard InChI is InChI=1S/C9H12BrNS/c1-7(6-11)12-9-4-2-8(10)3-5-9/h2-5,7H,6,11H2,1H3. The van der Waals surface area contributed by atoms with E-state index >= 15 is 0 Å². The monoisotopic (exact) mass is 245 g/mol. The van der Waals surface area contributed by atoms with Crippen LogP contribution in [0.15, 0.2) is 33.6 Å². The minimum Gasteiger partial charge on any atom is -0.329 e. The average molecular weight is 246 g/mol. The molecule has 0 spiro atoms. The van der Waals surface area contributed by atoms with E-state index in [1.807, 2.05) is 12.1 Å². The number of halogens is 1. The molecule has 1 aromatic rings. The summed E-state index contributed by atoms with van der Waals surface area (Å²) in [5.41, 5.74) is 5.52. The van der Waals surface area contributed by atoms with Gasteiger partial charge in [0.2, 0.25) is 0 Å². The van der Waals surface area contributed by atoms with Crippen LogP contribution in [0.1, 0.15) is 6.92 Å². The first-order valence-electron chi connectivity index (χ1n) is 3.84. The number of nitrogens with two attached hydrogens (primary N) is 1. The summed E-state index contributed by atoms with van der Waals surface area (Å²) in [6, 6.07) is 8.29. The van der Waals surface area contributed by atoms with Crippen LogP contribution in [0.2, 0.25) is 0 Å². The molecule has 0 aliphatic carbocycles. The molecule has 1 nitrogen and oxygen atoms in total. The van der Waals surface area contributed by atoms with Crippen molar-refractivity contribution in [1.82, 2.24) is 0 Å². The van der Waals surface area contributed by atoms with Gasteiger partial charge in [0, 0.05) is 21.2 Å². The van der Waals surface area contributed by atoms with Gasteiger partial charge in [0.05, 0.1) is 0 Å². The summed E-state index contributed by atoms with van der Waals surface area (Å²) < 4.78 is 1.12. The Morgan fingerprint density at radius 2 is 2.00 bits per heavy atom. The van der Waals surface area contributed by atoms with E-state index in [1.165, 1.54) is 4.90 Å². The molecule has 12 heavy (non-hydrogen) atoms. The summed E-state index contributed by atoms with van der Waals surface area (Å²) in [6.45, 7) is 2.85. The highest BCUT2D eigenvalue weighted by molar-refractivity contribution is 9.10. The van der Waals surface area contributed by atoms with Crippen molar-refractivity contribution in [1.29, 1.82) is 0 Å².